The minimum absolute atomic E-state index is 0.0434. The number of aliphatic carboxylic acids is 1. The number of nitrogens with two attached hydrogens (primary N) is 1. The van der Waals surface area contributed by atoms with E-state index in [0.29, 0.717) is 5.56 Å². The molecule has 5 nitrogen and oxygen atoms in total. The predicted octanol–water partition coefficient (Wildman–Crippen LogP) is 0.913. The summed E-state index contributed by atoms with van der Waals surface area (Å²) < 4.78 is 0. The molecule has 0 fully saturated rings. The van der Waals surface area contributed by atoms with E-state index in [0.717, 1.165) is 0 Å². The van der Waals surface area contributed by atoms with Crippen molar-refractivity contribution in [2.24, 2.45) is 11.1 Å². The second-order valence-electron chi connectivity index (χ2n) is 4.80. The van der Waals surface area contributed by atoms with Gasteiger partial charge in [0.1, 0.15) is 6.04 Å². The maximum Gasteiger partial charge on any atom is 0.310 e. The molecule has 18 heavy (non-hydrogen) atoms. The number of carbonyl (C=O) groups is 2. The van der Waals surface area contributed by atoms with Gasteiger partial charge in [-0.1, -0.05) is 30.3 Å². The van der Waals surface area contributed by atoms with Crippen LogP contribution in [0.25, 0.3) is 0 Å². The molecule has 1 atom stereocenters. The van der Waals surface area contributed by atoms with Crippen molar-refractivity contribution in [3.05, 3.63) is 35.9 Å². The van der Waals surface area contributed by atoms with Crippen molar-refractivity contribution < 1.29 is 14.7 Å². The van der Waals surface area contributed by atoms with E-state index in [1.54, 1.807) is 38.1 Å². The molecule has 0 saturated heterocycles. The zero-order chi connectivity index (χ0) is 13.8. The summed E-state index contributed by atoms with van der Waals surface area (Å²) in [5.74, 6) is -1.34. The Kier molecular flexibility index (Phi) is 4.44. The van der Waals surface area contributed by atoms with Gasteiger partial charge >= 0.3 is 5.97 Å². The van der Waals surface area contributed by atoms with E-state index in [1.807, 2.05) is 6.07 Å². The molecule has 4 N–H and O–H groups in total. The highest BCUT2D eigenvalue weighted by atomic mass is 16.4. The maximum atomic E-state index is 11.8. The summed E-state index contributed by atoms with van der Waals surface area (Å²) in [6, 6.07) is 8.16. The number of benzene rings is 1. The molecule has 0 spiro atoms. The standard InChI is InChI=1S/C13H18N2O3/c1-13(2,12(17)18)8-15-11(16)10(14)9-6-4-3-5-7-9/h3-7,10H,8,14H2,1-2H3,(H,15,16)(H,17,18)/t10-/m0/s1. The largest absolute Gasteiger partial charge is 0.481 e. The molecular weight excluding hydrogens is 232 g/mol. The summed E-state index contributed by atoms with van der Waals surface area (Å²) in [5, 5.41) is 11.5. The van der Waals surface area contributed by atoms with Crippen LogP contribution in [0, 0.1) is 5.41 Å². The average molecular weight is 250 g/mol. The first-order valence-electron chi connectivity index (χ1n) is 5.66. The van der Waals surface area contributed by atoms with Crippen LogP contribution in [-0.4, -0.2) is 23.5 Å². The zero-order valence-corrected chi connectivity index (χ0v) is 10.5. The average Bonchev–Trinajstić information content (AvgIpc) is 2.36. The predicted molar refractivity (Wildman–Crippen MR) is 67.8 cm³/mol. The second kappa shape index (κ2) is 5.64. The topological polar surface area (TPSA) is 92.4 Å². The molecule has 0 aliphatic heterocycles. The fourth-order valence-electron chi connectivity index (χ4n) is 1.31. The van der Waals surface area contributed by atoms with Gasteiger partial charge < -0.3 is 16.2 Å². The molecule has 0 saturated carbocycles. The molecule has 0 aliphatic rings. The van der Waals surface area contributed by atoms with Crippen molar-refractivity contribution in [1.29, 1.82) is 0 Å². The van der Waals surface area contributed by atoms with E-state index in [-0.39, 0.29) is 12.5 Å². The van der Waals surface area contributed by atoms with E-state index in [2.05, 4.69) is 5.32 Å². The lowest BCUT2D eigenvalue weighted by Gasteiger charge is -2.21. The normalized spacial score (nSPS) is 12.8. The van der Waals surface area contributed by atoms with Gasteiger partial charge in [-0.2, -0.15) is 0 Å². The molecule has 0 unspecified atom stereocenters. The number of nitrogens with one attached hydrogen (secondary N) is 1. The lowest BCUT2D eigenvalue weighted by atomic mass is 9.93. The Morgan fingerprint density at radius 1 is 1.33 bits per heavy atom. The van der Waals surface area contributed by atoms with Crippen molar-refractivity contribution in [3.8, 4) is 0 Å². The summed E-state index contributed by atoms with van der Waals surface area (Å²) in [7, 11) is 0. The summed E-state index contributed by atoms with van der Waals surface area (Å²) in [4.78, 5) is 22.7. The second-order valence-corrected chi connectivity index (χ2v) is 4.80. The maximum absolute atomic E-state index is 11.8. The first kappa shape index (κ1) is 14.2. The van der Waals surface area contributed by atoms with Crippen LogP contribution in [0.1, 0.15) is 25.5 Å². The smallest absolute Gasteiger partial charge is 0.310 e. The third-order valence-corrected chi connectivity index (χ3v) is 2.72. The summed E-state index contributed by atoms with van der Waals surface area (Å²) in [6.45, 7) is 3.13. The molecule has 1 amide bonds. The lowest BCUT2D eigenvalue weighted by Crippen LogP contribution is -2.42. The molecular formula is C13H18N2O3. The first-order valence-corrected chi connectivity index (χ1v) is 5.66. The first-order chi connectivity index (χ1) is 8.34. The van der Waals surface area contributed by atoms with Crippen molar-refractivity contribution in [2.45, 2.75) is 19.9 Å². The van der Waals surface area contributed by atoms with Crippen molar-refractivity contribution in [2.75, 3.05) is 6.54 Å². The van der Waals surface area contributed by atoms with Crippen LogP contribution in [0.15, 0.2) is 30.3 Å². The summed E-state index contributed by atoms with van der Waals surface area (Å²) in [6.07, 6.45) is 0. The van der Waals surface area contributed by atoms with Gasteiger partial charge in [-0.15, -0.1) is 0 Å². The minimum atomic E-state index is -1.01. The highest BCUT2D eigenvalue weighted by molar-refractivity contribution is 5.83. The van der Waals surface area contributed by atoms with Gasteiger partial charge in [0.25, 0.3) is 0 Å². The molecule has 5 heteroatoms. The van der Waals surface area contributed by atoms with Gasteiger partial charge in [0, 0.05) is 6.54 Å². The molecule has 98 valence electrons. The fraction of sp³-hybridized carbons (Fsp3) is 0.385. The van der Waals surface area contributed by atoms with E-state index in [9.17, 15) is 9.59 Å². The highest BCUT2D eigenvalue weighted by Crippen LogP contribution is 2.14. The van der Waals surface area contributed by atoms with Gasteiger partial charge in [0.15, 0.2) is 0 Å². The third-order valence-electron chi connectivity index (χ3n) is 2.72. The SMILES string of the molecule is CC(C)(CNC(=O)[C@@H](N)c1ccccc1)C(=O)O. The van der Waals surface area contributed by atoms with Crippen LogP contribution in [-0.2, 0) is 9.59 Å². The number of rotatable bonds is 5. The Morgan fingerprint density at radius 3 is 2.39 bits per heavy atom. The van der Waals surface area contributed by atoms with E-state index < -0.39 is 17.4 Å². The highest BCUT2D eigenvalue weighted by Gasteiger charge is 2.28. The van der Waals surface area contributed by atoms with E-state index in [1.165, 1.54) is 0 Å². The van der Waals surface area contributed by atoms with Crippen LogP contribution < -0.4 is 11.1 Å². The number of carboxylic acids is 1. The van der Waals surface area contributed by atoms with Crippen molar-refractivity contribution in [1.82, 2.24) is 5.32 Å². The van der Waals surface area contributed by atoms with Crippen molar-refractivity contribution >= 4 is 11.9 Å². The Bertz CT molecular complexity index is 429. The van der Waals surface area contributed by atoms with Gasteiger partial charge in [-0.05, 0) is 19.4 Å². The molecule has 0 aliphatic carbocycles. The van der Waals surface area contributed by atoms with Crippen LogP contribution >= 0.6 is 0 Å². The number of carboxylic acid groups (broad SMARTS) is 1. The molecule has 0 radical (unpaired) electrons. The molecule has 1 rings (SSSR count). The Labute approximate surface area is 106 Å². The molecule has 0 heterocycles. The Morgan fingerprint density at radius 2 is 1.89 bits per heavy atom. The van der Waals surface area contributed by atoms with E-state index >= 15 is 0 Å². The Balaban J connectivity index is 2.59. The lowest BCUT2D eigenvalue weighted by molar-refractivity contribution is -0.146. The number of carbonyl (C=O) groups excluding carboxylic acids is 1. The summed E-state index contributed by atoms with van der Waals surface area (Å²) in [5.41, 5.74) is 5.47. The van der Waals surface area contributed by atoms with Crippen LogP contribution in [0.3, 0.4) is 0 Å². The fourth-order valence-corrected chi connectivity index (χ4v) is 1.31. The molecule has 0 bridgehead atoms. The van der Waals surface area contributed by atoms with E-state index in [4.69, 9.17) is 10.8 Å². The van der Waals surface area contributed by atoms with Crippen LogP contribution in [0.5, 0.6) is 0 Å². The van der Waals surface area contributed by atoms with Crippen molar-refractivity contribution in [3.63, 3.8) is 0 Å². The number of hydrogen-bond acceptors (Lipinski definition) is 3. The Hall–Kier alpha value is -1.88. The molecule has 1 aromatic carbocycles. The number of hydrogen-bond donors (Lipinski definition) is 3. The minimum Gasteiger partial charge on any atom is -0.481 e. The van der Waals surface area contributed by atoms with Gasteiger partial charge in [-0.3, -0.25) is 9.59 Å². The van der Waals surface area contributed by atoms with Gasteiger partial charge in [-0.25, -0.2) is 0 Å². The molecule has 1 aromatic rings. The third kappa shape index (κ3) is 3.56. The number of amides is 1. The van der Waals surface area contributed by atoms with Gasteiger partial charge in [0.05, 0.1) is 5.41 Å². The molecule has 0 aromatic heterocycles. The quantitative estimate of drug-likeness (QED) is 0.724. The summed E-state index contributed by atoms with van der Waals surface area (Å²) >= 11 is 0. The monoisotopic (exact) mass is 250 g/mol. The van der Waals surface area contributed by atoms with Crippen LogP contribution in [0.2, 0.25) is 0 Å². The van der Waals surface area contributed by atoms with Gasteiger partial charge in [0.2, 0.25) is 5.91 Å². The van der Waals surface area contributed by atoms with Crippen LogP contribution in [0.4, 0.5) is 0 Å². The zero-order valence-electron chi connectivity index (χ0n) is 10.5.